The number of nitrogen functional groups attached to an aromatic ring is 1. The quantitative estimate of drug-likeness (QED) is 0.536. The second-order valence-corrected chi connectivity index (χ2v) is 3.04. The molecule has 0 spiro atoms. The number of ether oxygens (including phenoxy) is 1. The van der Waals surface area contributed by atoms with Gasteiger partial charge in [-0.2, -0.15) is 0 Å². The molecule has 16 heavy (non-hydrogen) atoms. The molecule has 0 heterocycles. The van der Waals surface area contributed by atoms with Crippen molar-refractivity contribution < 1.29 is 9.53 Å². The third kappa shape index (κ3) is 2.60. The van der Waals surface area contributed by atoms with E-state index in [1.54, 1.807) is 18.2 Å². The Hall–Kier alpha value is -2.30. The molecule has 0 fully saturated rings. The first-order chi connectivity index (χ1) is 7.58. The Morgan fingerprint density at radius 3 is 2.81 bits per heavy atom. The van der Waals surface area contributed by atoms with Crippen LogP contribution < -0.4 is 11.1 Å². The second-order valence-electron chi connectivity index (χ2n) is 3.04. The third-order valence-electron chi connectivity index (χ3n) is 1.98. The van der Waals surface area contributed by atoms with Crippen molar-refractivity contribution in [2.75, 3.05) is 18.2 Å². The minimum atomic E-state index is -0.564. The van der Waals surface area contributed by atoms with Crippen LogP contribution in [0.1, 0.15) is 5.56 Å². The highest BCUT2D eigenvalue weighted by molar-refractivity contribution is 6.10. The Kier molecular flexibility index (Phi) is 3.66. The van der Waals surface area contributed by atoms with E-state index in [4.69, 9.17) is 11.1 Å². The zero-order chi connectivity index (χ0) is 12.1. The van der Waals surface area contributed by atoms with E-state index in [0.29, 0.717) is 16.9 Å². The van der Waals surface area contributed by atoms with Crippen LogP contribution >= 0.6 is 0 Å². The van der Waals surface area contributed by atoms with Crippen LogP contribution in [-0.4, -0.2) is 18.9 Å². The van der Waals surface area contributed by atoms with E-state index >= 15 is 0 Å². The normalized spacial score (nSPS) is 9.31. The molecule has 5 nitrogen and oxygen atoms in total. The fourth-order valence-electron chi connectivity index (χ4n) is 1.16. The molecule has 0 bridgehead atoms. The lowest BCUT2D eigenvalue weighted by Crippen LogP contribution is -2.11. The van der Waals surface area contributed by atoms with Gasteiger partial charge in [-0.15, -0.1) is 0 Å². The zero-order valence-electron chi connectivity index (χ0n) is 8.91. The van der Waals surface area contributed by atoms with Crippen LogP contribution in [-0.2, 0) is 4.74 Å². The molecular weight excluding hydrogens is 206 g/mol. The minimum Gasteiger partial charge on any atom is -0.453 e. The van der Waals surface area contributed by atoms with Crippen molar-refractivity contribution in [2.45, 2.75) is 0 Å². The summed E-state index contributed by atoms with van der Waals surface area (Å²) in [6.45, 7) is 3.49. The molecule has 4 N–H and O–H groups in total. The lowest BCUT2D eigenvalue weighted by atomic mass is 10.1. The van der Waals surface area contributed by atoms with Gasteiger partial charge in [-0.3, -0.25) is 5.32 Å². The first kappa shape index (κ1) is 11.8. The molecule has 0 aromatic heterocycles. The maximum absolute atomic E-state index is 10.9. The Labute approximate surface area is 93.4 Å². The van der Waals surface area contributed by atoms with E-state index in [-0.39, 0.29) is 5.71 Å². The molecule has 0 aliphatic heterocycles. The van der Waals surface area contributed by atoms with Gasteiger partial charge in [-0.25, -0.2) is 4.79 Å². The third-order valence-corrected chi connectivity index (χ3v) is 1.98. The summed E-state index contributed by atoms with van der Waals surface area (Å²) in [6.07, 6.45) is 0.838. The number of rotatable bonds is 3. The molecule has 0 atom stereocenters. The maximum atomic E-state index is 10.9. The maximum Gasteiger partial charge on any atom is 0.411 e. The van der Waals surface area contributed by atoms with Gasteiger partial charge in [0.1, 0.15) is 0 Å². The van der Waals surface area contributed by atoms with Crippen LogP contribution in [0, 0.1) is 5.41 Å². The zero-order valence-corrected chi connectivity index (χ0v) is 8.91. The average molecular weight is 219 g/mol. The first-order valence-corrected chi connectivity index (χ1v) is 4.54. The summed E-state index contributed by atoms with van der Waals surface area (Å²) in [5, 5.41) is 10.0. The van der Waals surface area contributed by atoms with Crippen molar-refractivity contribution >= 4 is 23.2 Å². The molecule has 1 aromatic carbocycles. The number of hydrogen-bond donors (Lipinski definition) is 3. The Morgan fingerprint density at radius 2 is 2.31 bits per heavy atom. The Morgan fingerprint density at radius 1 is 1.62 bits per heavy atom. The predicted octanol–water partition coefficient (Wildman–Crippen LogP) is 2.00. The number of carbonyl (C=O) groups excluding carboxylic acids is 1. The van der Waals surface area contributed by atoms with Gasteiger partial charge < -0.3 is 15.9 Å². The van der Waals surface area contributed by atoms with Crippen molar-refractivity contribution in [3.05, 3.63) is 36.4 Å². The number of benzene rings is 1. The second kappa shape index (κ2) is 4.97. The molecule has 1 amide bonds. The van der Waals surface area contributed by atoms with E-state index in [1.165, 1.54) is 13.2 Å². The van der Waals surface area contributed by atoms with Crippen LogP contribution in [0.25, 0.3) is 0 Å². The standard InChI is InChI=1S/C11H13N3O2/c1-3-9(12)8-5-4-7(6-10(8)13)14-11(15)16-2/h3-6,12H,1,13H2,2H3,(H,14,15). The molecule has 0 aliphatic rings. The minimum absolute atomic E-state index is 0.238. The van der Waals surface area contributed by atoms with Gasteiger partial charge in [0.2, 0.25) is 0 Å². The van der Waals surface area contributed by atoms with Crippen LogP contribution in [0.2, 0.25) is 0 Å². The lowest BCUT2D eigenvalue weighted by molar-refractivity contribution is 0.187. The van der Waals surface area contributed by atoms with Crippen molar-refractivity contribution in [3.63, 3.8) is 0 Å². The average Bonchev–Trinajstić information content (AvgIpc) is 2.28. The van der Waals surface area contributed by atoms with Crippen molar-refractivity contribution in [1.82, 2.24) is 0 Å². The molecule has 0 aliphatic carbocycles. The summed E-state index contributed by atoms with van der Waals surface area (Å²) in [4.78, 5) is 10.9. The van der Waals surface area contributed by atoms with Gasteiger partial charge in [0.25, 0.3) is 0 Å². The number of carbonyl (C=O) groups is 1. The van der Waals surface area contributed by atoms with E-state index in [2.05, 4.69) is 16.6 Å². The molecule has 1 aromatic rings. The summed E-state index contributed by atoms with van der Waals surface area (Å²) in [6, 6.07) is 4.84. The summed E-state index contributed by atoms with van der Waals surface area (Å²) < 4.78 is 4.44. The van der Waals surface area contributed by atoms with Crippen molar-refractivity contribution in [3.8, 4) is 0 Å². The topological polar surface area (TPSA) is 88.2 Å². The molecule has 0 saturated heterocycles. The molecule has 1 rings (SSSR count). The van der Waals surface area contributed by atoms with E-state index in [1.807, 2.05) is 0 Å². The van der Waals surface area contributed by atoms with Gasteiger partial charge in [0.05, 0.1) is 12.8 Å². The molecular formula is C11H13N3O2. The van der Waals surface area contributed by atoms with E-state index in [0.717, 1.165) is 0 Å². The highest BCUT2D eigenvalue weighted by Crippen LogP contribution is 2.18. The Balaban J connectivity index is 2.95. The van der Waals surface area contributed by atoms with E-state index < -0.39 is 6.09 Å². The first-order valence-electron chi connectivity index (χ1n) is 4.54. The lowest BCUT2D eigenvalue weighted by Gasteiger charge is -2.08. The summed E-state index contributed by atoms with van der Waals surface area (Å²) in [5.74, 6) is 0. The van der Waals surface area contributed by atoms with Crippen LogP contribution in [0.15, 0.2) is 30.9 Å². The van der Waals surface area contributed by atoms with Gasteiger partial charge in [-0.1, -0.05) is 6.58 Å². The highest BCUT2D eigenvalue weighted by Gasteiger charge is 2.06. The van der Waals surface area contributed by atoms with E-state index in [9.17, 15) is 4.79 Å². The number of nitrogens with two attached hydrogens (primary N) is 1. The van der Waals surface area contributed by atoms with Gasteiger partial charge in [0.15, 0.2) is 0 Å². The smallest absolute Gasteiger partial charge is 0.411 e. The Bertz CT molecular complexity index is 441. The van der Waals surface area contributed by atoms with Crippen LogP contribution in [0.5, 0.6) is 0 Å². The molecule has 0 unspecified atom stereocenters. The molecule has 0 radical (unpaired) electrons. The molecule has 5 heteroatoms. The molecule has 0 saturated carbocycles. The predicted molar refractivity (Wildman–Crippen MR) is 63.9 cm³/mol. The molecule has 84 valence electrons. The number of allylic oxidation sites excluding steroid dienone is 1. The number of anilines is 2. The number of methoxy groups -OCH3 is 1. The van der Waals surface area contributed by atoms with Gasteiger partial charge in [0, 0.05) is 16.9 Å². The van der Waals surface area contributed by atoms with Gasteiger partial charge in [-0.05, 0) is 24.3 Å². The summed E-state index contributed by atoms with van der Waals surface area (Å²) >= 11 is 0. The van der Waals surface area contributed by atoms with Crippen molar-refractivity contribution in [2.24, 2.45) is 0 Å². The monoisotopic (exact) mass is 219 g/mol. The summed E-state index contributed by atoms with van der Waals surface area (Å²) in [7, 11) is 1.28. The number of amides is 1. The SMILES string of the molecule is C=CC(=N)c1ccc(NC(=O)OC)cc1N. The largest absolute Gasteiger partial charge is 0.453 e. The van der Waals surface area contributed by atoms with Crippen LogP contribution in [0.3, 0.4) is 0 Å². The summed E-state index contributed by atoms with van der Waals surface area (Å²) in [5.41, 5.74) is 7.47. The van der Waals surface area contributed by atoms with Gasteiger partial charge >= 0.3 is 6.09 Å². The number of nitrogens with one attached hydrogen (secondary N) is 2. The fraction of sp³-hybridized carbons (Fsp3) is 0.0909. The number of hydrogen-bond acceptors (Lipinski definition) is 4. The highest BCUT2D eigenvalue weighted by atomic mass is 16.5. The fourth-order valence-corrected chi connectivity index (χ4v) is 1.16. The van der Waals surface area contributed by atoms with Crippen molar-refractivity contribution in [1.29, 1.82) is 5.41 Å². The van der Waals surface area contributed by atoms with Crippen LogP contribution in [0.4, 0.5) is 16.2 Å².